The highest BCUT2D eigenvalue weighted by molar-refractivity contribution is 7.90. The van der Waals surface area contributed by atoms with E-state index in [1.807, 2.05) is 0 Å². The van der Waals surface area contributed by atoms with Crippen LogP contribution >= 0.6 is 0 Å². The Morgan fingerprint density at radius 3 is 2.37 bits per heavy atom. The number of nitriles is 1. The fourth-order valence-corrected chi connectivity index (χ4v) is 2.65. The molecule has 3 heterocycles. The number of sulfone groups is 1. The number of pyridine rings is 1. The third kappa shape index (κ3) is 3.58. The van der Waals surface area contributed by atoms with Crippen LogP contribution in [0.5, 0.6) is 0 Å². The highest BCUT2D eigenvalue weighted by Gasteiger charge is 2.40. The van der Waals surface area contributed by atoms with Gasteiger partial charge in [-0.15, -0.1) is 10.2 Å². The second-order valence-electron chi connectivity index (χ2n) is 5.20. The van der Waals surface area contributed by atoms with E-state index >= 15 is 0 Å². The molecule has 27 heavy (non-hydrogen) atoms. The van der Waals surface area contributed by atoms with Crippen molar-refractivity contribution in [3.8, 4) is 11.9 Å². The van der Waals surface area contributed by atoms with Gasteiger partial charge in [-0.25, -0.2) is 18.1 Å². The Hall–Kier alpha value is -3.47. The zero-order valence-electron chi connectivity index (χ0n) is 13.4. The van der Waals surface area contributed by atoms with Crippen LogP contribution in [0.4, 0.5) is 19.0 Å². The molecular formula is C13H9F3N8O2S. The van der Waals surface area contributed by atoms with Crippen LogP contribution in [0.2, 0.25) is 0 Å². The van der Waals surface area contributed by atoms with Crippen molar-refractivity contribution in [2.75, 3.05) is 11.7 Å². The van der Waals surface area contributed by atoms with Gasteiger partial charge in [-0.05, 0) is 12.1 Å². The molecule has 0 aliphatic carbocycles. The molecule has 0 aromatic carbocycles. The number of hydrogen-bond donors (Lipinski definition) is 1. The molecule has 1 N–H and O–H groups in total. The lowest BCUT2D eigenvalue weighted by molar-refractivity contribution is -0.141. The number of hydrogen-bond acceptors (Lipinski definition) is 8. The molecule has 3 aromatic heterocycles. The Morgan fingerprint density at radius 1 is 1.22 bits per heavy atom. The maximum absolute atomic E-state index is 13.3. The molecule has 14 heteroatoms. The molecule has 0 amide bonds. The lowest BCUT2D eigenvalue weighted by atomic mass is 10.2. The predicted octanol–water partition coefficient (Wildman–Crippen LogP) is 1.03. The van der Waals surface area contributed by atoms with Crippen molar-refractivity contribution in [3.05, 3.63) is 42.2 Å². The van der Waals surface area contributed by atoms with Crippen molar-refractivity contribution in [1.29, 1.82) is 5.26 Å². The first kappa shape index (κ1) is 18.3. The largest absolute Gasteiger partial charge is 0.436 e. The van der Waals surface area contributed by atoms with E-state index in [9.17, 15) is 26.9 Å². The van der Waals surface area contributed by atoms with Crippen LogP contribution in [0.25, 0.3) is 5.82 Å². The molecule has 0 spiro atoms. The highest BCUT2D eigenvalue weighted by atomic mass is 32.2. The van der Waals surface area contributed by atoms with E-state index in [1.165, 1.54) is 18.2 Å². The lowest BCUT2D eigenvalue weighted by Crippen LogP contribution is -2.13. The summed E-state index contributed by atoms with van der Waals surface area (Å²) >= 11 is 0. The second-order valence-corrected chi connectivity index (χ2v) is 7.21. The van der Waals surface area contributed by atoms with Crippen molar-refractivity contribution >= 4 is 15.7 Å². The van der Waals surface area contributed by atoms with Gasteiger partial charge in [-0.3, -0.25) is 5.43 Å². The first-order valence-electron chi connectivity index (χ1n) is 6.99. The number of rotatable bonds is 4. The van der Waals surface area contributed by atoms with Crippen molar-refractivity contribution < 1.29 is 21.6 Å². The normalized spacial score (nSPS) is 12.0. The number of aromatic nitrogens is 6. The minimum atomic E-state index is -4.90. The Kier molecular flexibility index (Phi) is 4.31. The van der Waals surface area contributed by atoms with Crippen LogP contribution < -0.4 is 5.43 Å². The molecule has 140 valence electrons. The van der Waals surface area contributed by atoms with E-state index in [-0.39, 0.29) is 16.5 Å². The third-order valence-electron chi connectivity index (χ3n) is 3.29. The standard InChI is InChI=1S/C13H9F3N8O2S/c1-27(25,26)8-2-3-10(18-5-8)24-12(22-23-6-19-20-7-23)9(4-17)11(21-24)13(14,15)16/h2-3,5-7,22H,1H3. The summed E-state index contributed by atoms with van der Waals surface area (Å²) in [5.41, 5.74) is 0.325. The Bertz CT molecular complexity index is 1110. The smallest absolute Gasteiger partial charge is 0.274 e. The van der Waals surface area contributed by atoms with Crippen LogP contribution in [0.15, 0.2) is 35.9 Å². The summed E-state index contributed by atoms with van der Waals surface area (Å²) in [6.07, 6.45) is -0.634. The molecule has 0 atom stereocenters. The molecule has 3 rings (SSSR count). The average Bonchev–Trinajstić information content (AvgIpc) is 3.21. The topological polar surface area (TPSA) is 131 Å². The van der Waals surface area contributed by atoms with Crippen molar-refractivity contribution in [2.24, 2.45) is 0 Å². The van der Waals surface area contributed by atoms with Crippen LogP contribution in [-0.4, -0.2) is 44.3 Å². The first-order valence-corrected chi connectivity index (χ1v) is 8.89. The maximum atomic E-state index is 13.3. The van der Waals surface area contributed by atoms with Crippen molar-refractivity contribution in [1.82, 2.24) is 29.6 Å². The predicted molar refractivity (Wildman–Crippen MR) is 83.2 cm³/mol. The van der Waals surface area contributed by atoms with Gasteiger partial charge in [0.2, 0.25) is 0 Å². The van der Waals surface area contributed by atoms with Crippen molar-refractivity contribution in [3.63, 3.8) is 0 Å². The number of alkyl halides is 3. The molecule has 0 aliphatic rings. The highest BCUT2D eigenvalue weighted by Crippen LogP contribution is 2.35. The van der Waals surface area contributed by atoms with Gasteiger partial charge in [0.1, 0.15) is 24.3 Å². The van der Waals surface area contributed by atoms with Crippen LogP contribution in [0.1, 0.15) is 11.3 Å². The summed E-state index contributed by atoms with van der Waals surface area (Å²) in [4.78, 5) is 3.72. The van der Waals surface area contributed by atoms with E-state index in [2.05, 4.69) is 25.7 Å². The molecule has 3 aromatic rings. The van der Waals surface area contributed by atoms with Gasteiger partial charge in [-0.2, -0.15) is 28.2 Å². The molecule has 0 radical (unpaired) electrons. The third-order valence-corrected chi connectivity index (χ3v) is 4.38. The molecule has 0 aliphatic heterocycles. The summed E-state index contributed by atoms with van der Waals surface area (Å²) < 4.78 is 64.6. The minimum absolute atomic E-state index is 0.122. The van der Waals surface area contributed by atoms with E-state index in [0.717, 1.165) is 34.5 Å². The second kappa shape index (κ2) is 6.36. The first-order chi connectivity index (χ1) is 12.6. The van der Waals surface area contributed by atoms with Gasteiger partial charge in [-0.1, -0.05) is 0 Å². The number of anilines is 1. The van der Waals surface area contributed by atoms with E-state index in [1.54, 1.807) is 0 Å². The average molecular weight is 398 g/mol. The molecule has 10 nitrogen and oxygen atoms in total. The zero-order valence-corrected chi connectivity index (χ0v) is 14.2. The van der Waals surface area contributed by atoms with Crippen LogP contribution in [0, 0.1) is 11.3 Å². The van der Waals surface area contributed by atoms with E-state index in [4.69, 9.17) is 0 Å². The zero-order chi connectivity index (χ0) is 19.8. The van der Waals surface area contributed by atoms with Gasteiger partial charge in [0.25, 0.3) is 0 Å². The molecule has 0 saturated carbocycles. The van der Waals surface area contributed by atoms with E-state index < -0.39 is 27.3 Å². The molecule has 0 unspecified atom stereocenters. The molecule has 0 fully saturated rings. The van der Waals surface area contributed by atoms with Gasteiger partial charge in [0.05, 0.1) is 4.90 Å². The van der Waals surface area contributed by atoms with Crippen LogP contribution in [0.3, 0.4) is 0 Å². The number of nitrogens with one attached hydrogen (secondary N) is 1. The summed E-state index contributed by atoms with van der Waals surface area (Å²) in [5, 5.41) is 19.7. The maximum Gasteiger partial charge on any atom is 0.436 e. The van der Waals surface area contributed by atoms with E-state index in [0.29, 0.717) is 0 Å². The van der Waals surface area contributed by atoms with Crippen LogP contribution in [-0.2, 0) is 16.0 Å². The fraction of sp³-hybridized carbons (Fsp3) is 0.154. The molecular weight excluding hydrogens is 389 g/mol. The fourth-order valence-electron chi connectivity index (χ4n) is 2.09. The SMILES string of the molecule is CS(=O)(=O)c1ccc(-n2nc(C(F)(F)F)c(C#N)c2Nn2cnnc2)nc1. The van der Waals surface area contributed by atoms with Gasteiger partial charge < -0.3 is 0 Å². The summed E-state index contributed by atoms with van der Waals surface area (Å²) in [6.45, 7) is 0. The monoisotopic (exact) mass is 398 g/mol. The quantitative estimate of drug-likeness (QED) is 0.689. The van der Waals surface area contributed by atoms with Gasteiger partial charge in [0, 0.05) is 12.5 Å². The number of halogens is 3. The summed E-state index contributed by atoms with van der Waals surface area (Å²) in [6, 6.07) is 3.80. The Morgan fingerprint density at radius 2 is 1.89 bits per heavy atom. The van der Waals surface area contributed by atoms with Crippen molar-refractivity contribution in [2.45, 2.75) is 11.1 Å². The Labute approximate surface area is 149 Å². The van der Waals surface area contributed by atoms with Gasteiger partial charge >= 0.3 is 6.18 Å². The lowest BCUT2D eigenvalue weighted by Gasteiger charge is -2.09. The molecule has 0 bridgehead atoms. The number of nitrogens with zero attached hydrogens (tertiary/aromatic N) is 7. The summed E-state index contributed by atoms with van der Waals surface area (Å²) in [7, 11) is -3.54. The minimum Gasteiger partial charge on any atom is -0.274 e. The summed E-state index contributed by atoms with van der Waals surface area (Å²) in [5.74, 6) is -0.478. The Balaban J connectivity index is 2.19. The van der Waals surface area contributed by atoms with Gasteiger partial charge in [0.15, 0.2) is 27.2 Å². The molecule has 0 saturated heterocycles.